The highest BCUT2D eigenvalue weighted by Crippen LogP contribution is 2.20. The lowest BCUT2D eigenvalue weighted by molar-refractivity contribution is 0.223. The van der Waals surface area contributed by atoms with Crippen molar-refractivity contribution in [1.82, 2.24) is 9.88 Å². The van der Waals surface area contributed by atoms with E-state index in [1.54, 1.807) is 11.3 Å². The summed E-state index contributed by atoms with van der Waals surface area (Å²) in [6.07, 6.45) is 4.11. The molecule has 2 heterocycles. The topological polar surface area (TPSA) is 28.2 Å². The molecule has 2 rings (SSSR count). The Kier molecular flexibility index (Phi) is 4.61. The van der Waals surface area contributed by atoms with E-state index in [9.17, 15) is 0 Å². The van der Waals surface area contributed by atoms with Crippen molar-refractivity contribution in [2.24, 2.45) is 0 Å². The highest BCUT2D eigenvalue weighted by atomic mass is 79.9. The minimum Gasteiger partial charge on any atom is -0.358 e. The first-order valence-electron chi connectivity index (χ1n) is 5.84. The Morgan fingerprint density at radius 3 is 2.88 bits per heavy atom. The zero-order valence-electron chi connectivity index (χ0n) is 9.58. The van der Waals surface area contributed by atoms with E-state index in [0.717, 1.165) is 16.3 Å². The van der Waals surface area contributed by atoms with Gasteiger partial charge in [0.15, 0.2) is 5.13 Å². The Balaban J connectivity index is 1.77. The fraction of sp³-hybridized carbons (Fsp3) is 0.727. The van der Waals surface area contributed by atoms with Crippen LogP contribution in [-0.4, -0.2) is 35.6 Å². The molecule has 0 spiro atoms. The van der Waals surface area contributed by atoms with Gasteiger partial charge in [-0.1, -0.05) is 6.42 Å². The lowest BCUT2D eigenvalue weighted by atomic mass is 10.1. The summed E-state index contributed by atoms with van der Waals surface area (Å²) in [4.78, 5) is 6.89. The van der Waals surface area contributed by atoms with Crippen LogP contribution in [0.5, 0.6) is 0 Å². The molecule has 90 valence electrons. The van der Waals surface area contributed by atoms with Gasteiger partial charge in [-0.2, -0.15) is 0 Å². The number of anilines is 1. The third kappa shape index (κ3) is 3.71. The van der Waals surface area contributed by atoms with Crippen LogP contribution >= 0.6 is 27.3 Å². The molecule has 16 heavy (non-hydrogen) atoms. The molecule has 1 aromatic rings. The van der Waals surface area contributed by atoms with Crippen LogP contribution in [0.1, 0.15) is 26.2 Å². The summed E-state index contributed by atoms with van der Waals surface area (Å²) in [5.74, 6) is 0. The lowest BCUT2D eigenvalue weighted by Gasteiger charge is -2.29. The predicted molar refractivity (Wildman–Crippen MR) is 73.2 cm³/mol. The number of aromatic nitrogens is 1. The molecule has 1 saturated heterocycles. The van der Waals surface area contributed by atoms with Crippen molar-refractivity contribution in [2.45, 2.75) is 32.2 Å². The van der Waals surface area contributed by atoms with Crippen LogP contribution in [0.4, 0.5) is 5.13 Å². The summed E-state index contributed by atoms with van der Waals surface area (Å²) in [5, 5.41) is 6.47. The largest absolute Gasteiger partial charge is 0.358 e. The molecule has 1 aromatic heterocycles. The van der Waals surface area contributed by atoms with Crippen LogP contribution in [0.2, 0.25) is 0 Å². The first-order chi connectivity index (χ1) is 7.74. The molecule has 0 aliphatic carbocycles. The quantitative estimate of drug-likeness (QED) is 0.926. The van der Waals surface area contributed by atoms with Crippen LogP contribution < -0.4 is 5.32 Å². The van der Waals surface area contributed by atoms with E-state index < -0.39 is 0 Å². The highest BCUT2D eigenvalue weighted by molar-refractivity contribution is 9.10. The molecular formula is C11H18BrN3S. The molecule has 1 aliphatic heterocycles. The van der Waals surface area contributed by atoms with Crippen molar-refractivity contribution in [3.8, 4) is 0 Å². The van der Waals surface area contributed by atoms with Crippen molar-refractivity contribution in [3.63, 3.8) is 0 Å². The van der Waals surface area contributed by atoms with E-state index in [1.165, 1.54) is 32.4 Å². The maximum atomic E-state index is 4.35. The number of thiazole rings is 1. The maximum absolute atomic E-state index is 4.35. The van der Waals surface area contributed by atoms with Crippen LogP contribution in [0.15, 0.2) is 9.98 Å². The molecular weight excluding hydrogens is 286 g/mol. The standard InChI is InChI=1S/C11H18BrN3S/c1-9(7-15-5-3-2-4-6-15)13-11-14-10(12)8-16-11/h8-9H,2-7H2,1H3,(H,13,14). The third-order valence-electron chi connectivity index (χ3n) is 2.83. The van der Waals surface area contributed by atoms with Gasteiger partial charge < -0.3 is 10.2 Å². The van der Waals surface area contributed by atoms with Gasteiger partial charge in [-0.25, -0.2) is 4.98 Å². The van der Waals surface area contributed by atoms with Crippen molar-refractivity contribution >= 4 is 32.4 Å². The fourth-order valence-corrected chi connectivity index (χ4v) is 3.36. The van der Waals surface area contributed by atoms with Gasteiger partial charge in [0.1, 0.15) is 4.60 Å². The number of piperidine rings is 1. The predicted octanol–water partition coefficient (Wildman–Crippen LogP) is 3.19. The van der Waals surface area contributed by atoms with Gasteiger partial charge in [-0.15, -0.1) is 11.3 Å². The van der Waals surface area contributed by atoms with Gasteiger partial charge in [0.25, 0.3) is 0 Å². The van der Waals surface area contributed by atoms with E-state index in [1.807, 2.05) is 5.38 Å². The maximum Gasteiger partial charge on any atom is 0.183 e. The number of rotatable bonds is 4. The number of halogens is 1. The summed E-state index contributed by atoms with van der Waals surface area (Å²) < 4.78 is 0.921. The Bertz CT molecular complexity index is 323. The summed E-state index contributed by atoms with van der Waals surface area (Å²) >= 11 is 5.02. The molecule has 1 fully saturated rings. The monoisotopic (exact) mass is 303 g/mol. The fourth-order valence-electron chi connectivity index (χ4n) is 2.11. The molecule has 0 amide bonds. The Morgan fingerprint density at radius 1 is 1.50 bits per heavy atom. The molecule has 0 radical (unpaired) electrons. The van der Waals surface area contributed by atoms with E-state index in [4.69, 9.17) is 0 Å². The zero-order valence-corrected chi connectivity index (χ0v) is 12.0. The van der Waals surface area contributed by atoms with Crippen molar-refractivity contribution in [2.75, 3.05) is 25.0 Å². The number of nitrogens with one attached hydrogen (secondary N) is 1. The molecule has 0 saturated carbocycles. The Labute approximate surface area is 109 Å². The molecule has 1 aliphatic rings. The summed E-state index contributed by atoms with van der Waals surface area (Å²) in [5.41, 5.74) is 0. The second kappa shape index (κ2) is 5.98. The minimum absolute atomic E-state index is 0.469. The van der Waals surface area contributed by atoms with Crippen LogP contribution in [0, 0.1) is 0 Å². The van der Waals surface area contributed by atoms with Gasteiger partial charge >= 0.3 is 0 Å². The number of likely N-dealkylation sites (tertiary alicyclic amines) is 1. The third-order valence-corrected chi connectivity index (χ3v) is 4.31. The average molecular weight is 304 g/mol. The van der Waals surface area contributed by atoms with Gasteiger partial charge in [-0.05, 0) is 48.8 Å². The van der Waals surface area contributed by atoms with Gasteiger partial charge in [-0.3, -0.25) is 0 Å². The minimum atomic E-state index is 0.469. The number of hydrogen-bond acceptors (Lipinski definition) is 4. The first kappa shape index (κ1) is 12.3. The van der Waals surface area contributed by atoms with Gasteiger partial charge in [0.05, 0.1) is 0 Å². The van der Waals surface area contributed by atoms with Crippen LogP contribution in [0.3, 0.4) is 0 Å². The SMILES string of the molecule is CC(CN1CCCCC1)Nc1nc(Br)cs1. The van der Waals surface area contributed by atoms with Crippen molar-refractivity contribution in [3.05, 3.63) is 9.98 Å². The van der Waals surface area contributed by atoms with E-state index in [0.29, 0.717) is 6.04 Å². The van der Waals surface area contributed by atoms with Crippen molar-refractivity contribution < 1.29 is 0 Å². The van der Waals surface area contributed by atoms with Gasteiger partial charge in [0.2, 0.25) is 0 Å². The van der Waals surface area contributed by atoms with E-state index >= 15 is 0 Å². The molecule has 0 bridgehead atoms. The lowest BCUT2D eigenvalue weighted by Crippen LogP contribution is -2.38. The highest BCUT2D eigenvalue weighted by Gasteiger charge is 2.13. The smallest absolute Gasteiger partial charge is 0.183 e. The number of hydrogen-bond donors (Lipinski definition) is 1. The molecule has 1 N–H and O–H groups in total. The van der Waals surface area contributed by atoms with E-state index in [-0.39, 0.29) is 0 Å². The molecule has 1 unspecified atom stereocenters. The molecule has 0 aromatic carbocycles. The Hall–Kier alpha value is -0.130. The average Bonchev–Trinajstić information content (AvgIpc) is 2.65. The summed E-state index contributed by atoms with van der Waals surface area (Å²) in [6, 6.07) is 0.469. The van der Waals surface area contributed by atoms with E-state index in [2.05, 4.69) is 38.1 Å². The normalized spacial score (nSPS) is 19.6. The van der Waals surface area contributed by atoms with Crippen LogP contribution in [0.25, 0.3) is 0 Å². The summed E-state index contributed by atoms with van der Waals surface area (Å²) in [6.45, 7) is 5.86. The molecule has 1 atom stereocenters. The second-order valence-electron chi connectivity index (χ2n) is 4.38. The second-order valence-corrected chi connectivity index (χ2v) is 6.05. The summed E-state index contributed by atoms with van der Waals surface area (Å²) in [7, 11) is 0. The Morgan fingerprint density at radius 2 is 2.25 bits per heavy atom. The number of nitrogens with zero attached hydrogens (tertiary/aromatic N) is 2. The molecule has 5 heteroatoms. The first-order valence-corrected chi connectivity index (χ1v) is 7.51. The zero-order chi connectivity index (χ0) is 11.4. The molecule has 3 nitrogen and oxygen atoms in total. The van der Waals surface area contributed by atoms with Gasteiger partial charge in [0, 0.05) is 18.0 Å². The van der Waals surface area contributed by atoms with Crippen molar-refractivity contribution in [1.29, 1.82) is 0 Å². The van der Waals surface area contributed by atoms with Crippen LogP contribution in [-0.2, 0) is 0 Å².